The Hall–Kier alpha value is -2.68. The van der Waals surface area contributed by atoms with Crippen molar-refractivity contribution in [1.82, 2.24) is 10.6 Å². The summed E-state index contributed by atoms with van der Waals surface area (Å²) in [6.45, 7) is -0.303. The monoisotopic (exact) mass is 411 g/mol. The second-order valence-electron chi connectivity index (χ2n) is 6.18. The van der Waals surface area contributed by atoms with Crippen LogP contribution in [0.1, 0.15) is 16.7 Å². The molecule has 0 saturated heterocycles. The standard InChI is InChI=1S/C19H23F2N3O3S/c1-13-9-15(7-8-17(13)28(3,25)26)12-24-19(22-2)23-11-14-5-4-6-16(10-14)27-18(20)21/h4-10,18H,11-12H2,1-3H3,(H2,22,23,24). The van der Waals surface area contributed by atoms with Crippen LogP contribution in [0.3, 0.4) is 0 Å². The van der Waals surface area contributed by atoms with Gasteiger partial charge in [-0.05, 0) is 41.8 Å². The number of nitrogens with one attached hydrogen (secondary N) is 2. The van der Waals surface area contributed by atoms with Crippen molar-refractivity contribution >= 4 is 15.8 Å². The number of sulfone groups is 1. The highest BCUT2D eigenvalue weighted by atomic mass is 32.2. The van der Waals surface area contributed by atoms with Crippen molar-refractivity contribution in [3.63, 3.8) is 0 Å². The minimum absolute atomic E-state index is 0.0960. The minimum atomic E-state index is -3.25. The fourth-order valence-corrected chi connectivity index (χ4v) is 3.62. The highest BCUT2D eigenvalue weighted by molar-refractivity contribution is 7.90. The van der Waals surface area contributed by atoms with E-state index in [1.54, 1.807) is 38.2 Å². The zero-order valence-electron chi connectivity index (χ0n) is 15.9. The molecule has 0 radical (unpaired) electrons. The van der Waals surface area contributed by atoms with E-state index < -0.39 is 16.4 Å². The predicted molar refractivity (Wildman–Crippen MR) is 104 cm³/mol. The number of aryl methyl sites for hydroxylation is 1. The number of hydrogen-bond donors (Lipinski definition) is 2. The minimum Gasteiger partial charge on any atom is -0.435 e. The molecule has 0 aliphatic rings. The Balaban J connectivity index is 1.94. The maximum absolute atomic E-state index is 12.3. The lowest BCUT2D eigenvalue weighted by Crippen LogP contribution is -2.36. The van der Waals surface area contributed by atoms with Gasteiger partial charge < -0.3 is 15.4 Å². The van der Waals surface area contributed by atoms with Crippen LogP contribution in [-0.4, -0.2) is 34.3 Å². The molecule has 0 bridgehead atoms. The number of aliphatic imine (C=N–C) groups is 1. The average molecular weight is 411 g/mol. The van der Waals surface area contributed by atoms with Gasteiger partial charge in [-0.15, -0.1) is 0 Å². The van der Waals surface area contributed by atoms with Gasteiger partial charge in [-0.3, -0.25) is 4.99 Å². The van der Waals surface area contributed by atoms with Gasteiger partial charge in [-0.25, -0.2) is 8.42 Å². The van der Waals surface area contributed by atoms with Gasteiger partial charge >= 0.3 is 6.61 Å². The molecule has 0 amide bonds. The zero-order valence-corrected chi connectivity index (χ0v) is 16.7. The number of guanidine groups is 1. The fraction of sp³-hybridized carbons (Fsp3) is 0.316. The van der Waals surface area contributed by atoms with E-state index in [0.717, 1.165) is 11.1 Å². The van der Waals surface area contributed by atoms with Crippen molar-refractivity contribution in [3.8, 4) is 5.75 Å². The molecule has 2 rings (SSSR count). The van der Waals surface area contributed by atoms with E-state index >= 15 is 0 Å². The van der Waals surface area contributed by atoms with Gasteiger partial charge in [0.05, 0.1) is 4.90 Å². The summed E-state index contributed by atoms with van der Waals surface area (Å²) >= 11 is 0. The lowest BCUT2D eigenvalue weighted by atomic mass is 10.1. The molecule has 0 aromatic heterocycles. The van der Waals surface area contributed by atoms with Gasteiger partial charge in [0, 0.05) is 26.4 Å². The van der Waals surface area contributed by atoms with Gasteiger partial charge in [-0.2, -0.15) is 8.78 Å². The molecule has 9 heteroatoms. The molecule has 0 unspecified atom stereocenters. The number of ether oxygens (including phenoxy) is 1. The van der Waals surface area contributed by atoms with Crippen molar-refractivity contribution in [2.24, 2.45) is 4.99 Å². The van der Waals surface area contributed by atoms with Crippen molar-refractivity contribution in [2.75, 3.05) is 13.3 Å². The first kappa shape index (κ1) is 21.6. The molecule has 2 aromatic carbocycles. The molecule has 2 aromatic rings. The van der Waals surface area contributed by atoms with Crippen LogP contribution in [0.4, 0.5) is 8.78 Å². The molecule has 0 aliphatic heterocycles. The first-order chi connectivity index (χ1) is 13.2. The average Bonchev–Trinajstić information content (AvgIpc) is 2.60. The van der Waals surface area contributed by atoms with Crippen molar-refractivity contribution < 1.29 is 21.9 Å². The van der Waals surface area contributed by atoms with E-state index in [4.69, 9.17) is 0 Å². The molecule has 152 valence electrons. The number of hydrogen-bond acceptors (Lipinski definition) is 4. The molecular formula is C19H23F2N3O3S. The molecule has 0 saturated carbocycles. The van der Waals surface area contributed by atoms with E-state index in [-0.39, 0.29) is 5.75 Å². The summed E-state index contributed by atoms with van der Waals surface area (Å²) in [5.74, 6) is 0.615. The summed E-state index contributed by atoms with van der Waals surface area (Å²) in [5.41, 5.74) is 2.34. The van der Waals surface area contributed by atoms with Crippen LogP contribution < -0.4 is 15.4 Å². The van der Waals surface area contributed by atoms with Crippen LogP contribution >= 0.6 is 0 Å². The number of alkyl halides is 2. The summed E-state index contributed by atoms with van der Waals surface area (Å²) in [6.07, 6.45) is 1.18. The third-order valence-electron chi connectivity index (χ3n) is 3.91. The molecule has 0 fully saturated rings. The van der Waals surface area contributed by atoms with E-state index in [1.165, 1.54) is 18.4 Å². The van der Waals surface area contributed by atoms with Gasteiger partial charge in [0.25, 0.3) is 0 Å². The molecule has 2 N–H and O–H groups in total. The molecule has 28 heavy (non-hydrogen) atoms. The zero-order chi connectivity index (χ0) is 20.7. The molecule has 0 aliphatic carbocycles. The Morgan fingerprint density at radius 2 is 1.75 bits per heavy atom. The lowest BCUT2D eigenvalue weighted by Gasteiger charge is -2.13. The lowest BCUT2D eigenvalue weighted by molar-refractivity contribution is -0.0498. The second kappa shape index (κ2) is 9.50. The van der Waals surface area contributed by atoms with Crippen molar-refractivity contribution in [3.05, 3.63) is 59.2 Å². The maximum Gasteiger partial charge on any atom is 0.387 e. The molecular weight excluding hydrogens is 388 g/mol. The highest BCUT2D eigenvalue weighted by Gasteiger charge is 2.11. The van der Waals surface area contributed by atoms with E-state index in [2.05, 4.69) is 20.4 Å². The first-order valence-corrected chi connectivity index (χ1v) is 10.4. The van der Waals surface area contributed by atoms with Gasteiger partial charge in [0.2, 0.25) is 0 Å². The van der Waals surface area contributed by atoms with Crippen LogP contribution in [0, 0.1) is 6.92 Å². The normalized spacial score (nSPS) is 12.1. The van der Waals surface area contributed by atoms with Crippen LogP contribution in [0.15, 0.2) is 52.4 Å². The van der Waals surface area contributed by atoms with Gasteiger partial charge in [-0.1, -0.05) is 24.3 Å². The van der Waals surface area contributed by atoms with Crippen molar-refractivity contribution in [2.45, 2.75) is 31.5 Å². The van der Waals surface area contributed by atoms with E-state index in [9.17, 15) is 17.2 Å². The summed E-state index contributed by atoms with van der Waals surface area (Å²) in [4.78, 5) is 4.43. The SMILES string of the molecule is CN=C(NCc1cccc(OC(F)F)c1)NCc1ccc(S(C)(=O)=O)c(C)c1. The van der Waals surface area contributed by atoms with Gasteiger partial charge in [0.1, 0.15) is 5.75 Å². The molecule has 0 spiro atoms. The number of halogens is 2. The number of rotatable bonds is 7. The smallest absolute Gasteiger partial charge is 0.387 e. The second-order valence-corrected chi connectivity index (χ2v) is 8.16. The molecule has 0 atom stereocenters. The Labute approximate surface area is 163 Å². The predicted octanol–water partition coefficient (Wildman–Crippen LogP) is 2.87. The number of benzene rings is 2. The summed E-state index contributed by atoms with van der Waals surface area (Å²) in [5, 5.41) is 6.21. The summed E-state index contributed by atoms with van der Waals surface area (Å²) in [7, 11) is -1.64. The third-order valence-corrected chi connectivity index (χ3v) is 5.16. The Morgan fingerprint density at radius 1 is 1.11 bits per heavy atom. The third kappa shape index (κ3) is 6.49. The van der Waals surface area contributed by atoms with Crippen LogP contribution in [0.25, 0.3) is 0 Å². The van der Waals surface area contributed by atoms with E-state index in [1.807, 2.05) is 6.07 Å². The number of nitrogens with zero attached hydrogens (tertiary/aromatic N) is 1. The van der Waals surface area contributed by atoms with Crippen molar-refractivity contribution in [1.29, 1.82) is 0 Å². The quantitative estimate of drug-likeness (QED) is 0.541. The topological polar surface area (TPSA) is 79.8 Å². The molecule has 6 nitrogen and oxygen atoms in total. The Kier molecular flexibility index (Phi) is 7.33. The van der Waals surface area contributed by atoms with Gasteiger partial charge in [0.15, 0.2) is 15.8 Å². The van der Waals surface area contributed by atoms with Crippen LogP contribution in [0.2, 0.25) is 0 Å². The summed E-state index contributed by atoms with van der Waals surface area (Å²) < 4.78 is 52.4. The van der Waals surface area contributed by atoms with Crippen LogP contribution in [-0.2, 0) is 22.9 Å². The van der Waals surface area contributed by atoms with Crippen LogP contribution in [0.5, 0.6) is 5.75 Å². The maximum atomic E-state index is 12.3. The fourth-order valence-electron chi connectivity index (χ4n) is 2.66. The first-order valence-electron chi connectivity index (χ1n) is 8.47. The Morgan fingerprint density at radius 3 is 2.29 bits per heavy atom. The largest absolute Gasteiger partial charge is 0.435 e. The van der Waals surface area contributed by atoms with E-state index in [0.29, 0.717) is 29.5 Å². The molecule has 0 heterocycles. The highest BCUT2D eigenvalue weighted by Crippen LogP contribution is 2.17. The Bertz CT molecular complexity index is 947. The summed E-state index contributed by atoms with van der Waals surface area (Å²) in [6, 6.07) is 11.6.